The van der Waals surface area contributed by atoms with E-state index in [9.17, 15) is 4.79 Å². The number of methoxy groups -OCH3 is 1. The minimum atomic E-state index is -0.552. The third-order valence-electron chi connectivity index (χ3n) is 5.52. The van der Waals surface area contributed by atoms with Gasteiger partial charge in [-0.3, -0.25) is 0 Å². The molecule has 24 heavy (non-hydrogen) atoms. The maximum absolute atomic E-state index is 12.3. The zero-order valence-corrected chi connectivity index (χ0v) is 14.9. The molecule has 1 aromatic heterocycles. The van der Waals surface area contributed by atoms with Crippen molar-refractivity contribution in [3.05, 3.63) is 53.9 Å². The number of carbonyl (C=O) groups excluding carboxylic acids is 1. The minimum Gasteiger partial charge on any atom is -0.467 e. The number of aryl methyl sites for hydroxylation is 1. The molecule has 5 atom stereocenters. The van der Waals surface area contributed by atoms with Gasteiger partial charge in [-0.2, -0.15) is 0 Å². The molecule has 4 heteroatoms. The van der Waals surface area contributed by atoms with Gasteiger partial charge in [-0.1, -0.05) is 29.9 Å². The SMILES string of the molecule is C=C(C)[C@H]1CC=C(C)[C@H]2[C@@H]1[C@H](c1cccc[n+]1C)O[C@@H]2C(=O)OC. The van der Waals surface area contributed by atoms with Gasteiger partial charge in [0.25, 0.3) is 0 Å². The van der Waals surface area contributed by atoms with Crippen molar-refractivity contribution in [2.45, 2.75) is 32.5 Å². The van der Waals surface area contributed by atoms with E-state index in [2.05, 4.69) is 37.1 Å². The van der Waals surface area contributed by atoms with Crippen LogP contribution in [0.1, 0.15) is 32.1 Å². The lowest BCUT2D eigenvalue weighted by molar-refractivity contribution is -0.683. The highest BCUT2D eigenvalue weighted by atomic mass is 16.6. The summed E-state index contributed by atoms with van der Waals surface area (Å²) in [6.07, 6.45) is 4.50. The normalized spacial score (nSPS) is 32.0. The molecule has 1 fully saturated rings. The number of ether oxygens (including phenoxy) is 2. The summed E-state index contributed by atoms with van der Waals surface area (Å²) >= 11 is 0. The number of rotatable bonds is 3. The molecule has 0 radical (unpaired) electrons. The third kappa shape index (κ3) is 2.69. The molecule has 0 N–H and O–H groups in total. The van der Waals surface area contributed by atoms with Crippen LogP contribution in [0.25, 0.3) is 0 Å². The molecule has 0 aromatic carbocycles. The molecule has 1 aliphatic carbocycles. The molecule has 1 aromatic rings. The smallest absolute Gasteiger partial charge is 0.335 e. The molecule has 2 heterocycles. The fourth-order valence-electron chi connectivity index (χ4n) is 4.28. The number of hydrogen-bond acceptors (Lipinski definition) is 3. The second-order valence-corrected chi connectivity index (χ2v) is 6.98. The van der Waals surface area contributed by atoms with Crippen LogP contribution in [0.15, 0.2) is 48.2 Å². The summed E-state index contributed by atoms with van der Waals surface area (Å²) < 4.78 is 13.4. The number of nitrogens with zero attached hydrogens (tertiary/aromatic N) is 1. The standard InChI is InChI=1S/C20H26NO3/c1-12(2)14-10-9-13(3)16-17(14)18(24-19(16)20(22)23-5)15-8-6-7-11-21(15)4/h6-9,11,14,16-19H,1,10H2,2-5H3/q+1/t14-,16+,17-,18+,19+/m1/s1. The van der Waals surface area contributed by atoms with E-state index in [-0.39, 0.29) is 23.9 Å². The van der Waals surface area contributed by atoms with Crippen molar-refractivity contribution >= 4 is 5.97 Å². The van der Waals surface area contributed by atoms with Gasteiger partial charge in [-0.25, -0.2) is 9.36 Å². The van der Waals surface area contributed by atoms with Crippen molar-refractivity contribution in [2.75, 3.05) is 7.11 Å². The summed E-state index contributed by atoms with van der Waals surface area (Å²) in [5.74, 6) is 0.253. The fourth-order valence-corrected chi connectivity index (χ4v) is 4.28. The zero-order valence-electron chi connectivity index (χ0n) is 14.9. The maximum atomic E-state index is 12.3. The van der Waals surface area contributed by atoms with Crippen molar-refractivity contribution in [3.8, 4) is 0 Å². The van der Waals surface area contributed by atoms with Crippen molar-refractivity contribution < 1.29 is 18.8 Å². The number of pyridine rings is 1. The van der Waals surface area contributed by atoms with E-state index in [4.69, 9.17) is 9.47 Å². The van der Waals surface area contributed by atoms with Crippen LogP contribution in [-0.2, 0) is 21.3 Å². The Morgan fingerprint density at radius 2 is 2.17 bits per heavy atom. The summed E-state index contributed by atoms with van der Waals surface area (Å²) in [4.78, 5) is 12.3. The Kier molecular flexibility index (Phi) is 4.59. The first-order valence-corrected chi connectivity index (χ1v) is 8.45. The average Bonchev–Trinajstić information content (AvgIpc) is 2.96. The lowest BCUT2D eigenvalue weighted by Crippen LogP contribution is -2.38. The number of carbonyl (C=O) groups is 1. The number of hydrogen-bond donors (Lipinski definition) is 0. The Labute approximate surface area is 143 Å². The van der Waals surface area contributed by atoms with E-state index in [1.165, 1.54) is 12.7 Å². The Balaban J connectivity index is 2.09. The van der Waals surface area contributed by atoms with Gasteiger partial charge in [0.15, 0.2) is 12.3 Å². The lowest BCUT2D eigenvalue weighted by atomic mass is 9.67. The van der Waals surface area contributed by atoms with E-state index >= 15 is 0 Å². The maximum Gasteiger partial charge on any atom is 0.335 e. The van der Waals surface area contributed by atoms with Gasteiger partial charge in [0.1, 0.15) is 13.2 Å². The molecule has 128 valence electrons. The summed E-state index contributed by atoms with van der Waals surface area (Å²) in [5.41, 5.74) is 3.44. The van der Waals surface area contributed by atoms with Crippen molar-refractivity contribution in [1.82, 2.24) is 0 Å². The molecule has 0 amide bonds. The molecule has 0 bridgehead atoms. The fraction of sp³-hybridized carbons (Fsp3) is 0.500. The van der Waals surface area contributed by atoms with Crippen molar-refractivity contribution in [2.24, 2.45) is 24.8 Å². The number of allylic oxidation sites excluding steroid dienone is 2. The monoisotopic (exact) mass is 328 g/mol. The lowest BCUT2D eigenvalue weighted by Gasteiger charge is -2.35. The van der Waals surface area contributed by atoms with Crippen LogP contribution in [-0.4, -0.2) is 19.2 Å². The molecule has 0 saturated carbocycles. The summed E-state index contributed by atoms with van der Waals surface area (Å²) in [6.45, 7) is 8.37. The molecule has 0 unspecified atom stereocenters. The summed E-state index contributed by atoms with van der Waals surface area (Å²) in [5, 5.41) is 0. The predicted octanol–water partition coefficient (Wildman–Crippen LogP) is 2.90. The first kappa shape index (κ1) is 16.9. The van der Waals surface area contributed by atoms with Gasteiger partial charge in [-0.15, -0.1) is 0 Å². The molecule has 2 aliphatic rings. The molecule has 0 spiro atoms. The van der Waals surface area contributed by atoms with Crippen LogP contribution in [0.2, 0.25) is 0 Å². The number of aromatic nitrogens is 1. The Morgan fingerprint density at radius 3 is 2.79 bits per heavy atom. The zero-order chi connectivity index (χ0) is 17.4. The van der Waals surface area contributed by atoms with Crippen LogP contribution < -0.4 is 4.57 Å². The largest absolute Gasteiger partial charge is 0.467 e. The number of fused-ring (bicyclic) bond motifs is 1. The third-order valence-corrected chi connectivity index (χ3v) is 5.52. The van der Waals surface area contributed by atoms with Crippen molar-refractivity contribution in [3.63, 3.8) is 0 Å². The Hall–Kier alpha value is -1.94. The highest BCUT2D eigenvalue weighted by molar-refractivity contribution is 5.76. The van der Waals surface area contributed by atoms with Gasteiger partial charge in [0.2, 0.25) is 5.69 Å². The van der Waals surface area contributed by atoms with Crippen LogP contribution in [0.4, 0.5) is 0 Å². The van der Waals surface area contributed by atoms with Crippen LogP contribution in [0, 0.1) is 17.8 Å². The van der Waals surface area contributed by atoms with Crippen LogP contribution in [0.5, 0.6) is 0 Å². The van der Waals surface area contributed by atoms with Gasteiger partial charge >= 0.3 is 5.97 Å². The van der Waals surface area contributed by atoms with E-state index in [1.807, 2.05) is 25.4 Å². The molecular weight excluding hydrogens is 302 g/mol. The second-order valence-electron chi connectivity index (χ2n) is 6.98. The molecule has 3 rings (SSSR count). The van der Waals surface area contributed by atoms with Crippen LogP contribution >= 0.6 is 0 Å². The van der Waals surface area contributed by atoms with Gasteiger partial charge in [-0.05, 0) is 26.2 Å². The first-order valence-electron chi connectivity index (χ1n) is 8.45. The highest BCUT2D eigenvalue weighted by Gasteiger charge is 2.55. The van der Waals surface area contributed by atoms with Gasteiger partial charge in [0, 0.05) is 24.0 Å². The van der Waals surface area contributed by atoms with Gasteiger partial charge in [0.05, 0.1) is 7.11 Å². The summed E-state index contributed by atoms with van der Waals surface area (Å²) in [7, 11) is 3.44. The predicted molar refractivity (Wildman–Crippen MR) is 90.9 cm³/mol. The topological polar surface area (TPSA) is 39.4 Å². The summed E-state index contributed by atoms with van der Waals surface area (Å²) in [6, 6.07) is 6.08. The molecule has 1 saturated heterocycles. The quantitative estimate of drug-likeness (QED) is 0.486. The highest BCUT2D eigenvalue weighted by Crippen LogP contribution is 2.53. The van der Waals surface area contributed by atoms with Crippen molar-refractivity contribution in [1.29, 1.82) is 0 Å². The average molecular weight is 328 g/mol. The van der Waals surface area contributed by atoms with Crippen LogP contribution in [0.3, 0.4) is 0 Å². The molecule has 1 aliphatic heterocycles. The Bertz CT molecular complexity index is 694. The Morgan fingerprint density at radius 1 is 1.42 bits per heavy atom. The van der Waals surface area contributed by atoms with Gasteiger partial charge < -0.3 is 9.47 Å². The number of esters is 1. The van der Waals surface area contributed by atoms with E-state index < -0.39 is 6.10 Å². The first-order chi connectivity index (χ1) is 11.5. The molecular formula is C20H26NO3+. The molecule has 4 nitrogen and oxygen atoms in total. The van der Waals surface area contributed by atoms with E-state index in [0.29, 0.717) is 5.92 Å². The minimum absolute atomic E-state index is 0.0399. The van der Waals surface area contributed by atoms with E-state index in [1.54, 1.807) is 0 Å². The van der Waals surface area contributed by atoms with E-state index in [0.717, 1.165) is 17.7 Å². The second kappa shape index (κ2) is 6.52.